The third kappa shape index (κ3) is 4.50. The van der Waals surface area contributed by atoms with Crippen molar-refractivity contribution in [1.29, 1.82) is 0 Å². The van der Waals surface area contributed by atoms with Crippen molar-refractivity contribution in [2.75, 3.05) is 13.1 Å². The fourth-order valence-corrected chi connectivity index (χ4v) is 3.61. The largest absolute Gasteiger partial charge is 0.478 e. The second kappa shape index (κ2) is 8.17. The highest BCUT2D eigenvalue weighted by molar-refractivity contribution is 5.89. The molecule has 1 aromatic carbocycles. The number of carboxylic acids is 1. The monoisotopic (exact) mass is 355 g/mol. The summed E-state index contributed by atoms with van der Waals surface area (Å²) >= 11 is 0. The van der Waals surface area contributed by atoms with Gasteiger partial charge in [-0.25, -0.2) is 4.79 Å². The van der Waals surface area contributed by atoms with E-state index >= 15 is 0 Å². The van der Waals surface area contributed by atoms with E-state index in [0.29, 0.717) is 17.9 Å². The van der Waals surface area contributed by atoms with Crippen molar-refractivity contribution >= 4 is 11.9 Å². The van der Waals surface area contributed by atoms with Crippen molar-refractivity contribution in [3.8, 4) is 0 Å². The van der Waals surface area contributed by atoms with E-state index in [1.54, 1.807) is 23.0 Å². The highest BCUT2D eigenvalue weighted by Crippen LogP contribution is 2.24. The first-order chi connectivity index (χ1) is 12.5. The van der Waals surface area contributed by atoms with Crippen LogP contribution in [0.5, 0.6) is 0 Å². The van der Waals surface area contributed by atoms with E-state index in [9.17, 15) is 14.7 Å². The molecule has 1 fully saturated rings. The highest BCUT2D eigenvalue weighted by Gasteiger charge is 2.24. The number of amides is 1. The average Bonchev–Trinajstić information content (AvgIpc) is 3.06. The van der Waals surface area contributed by atoms with Gasteiger partial charge in [0, 0.05) is 32.8 Å². The molecule has 0 unspecified atom stereocenters. The van der Waals surface area contributed by atoms with E-state index in [1.807, 2.05) is 30.3 Å². The number of aromatic carboxylic acids is 1. The number of rotatable bonds is 6. The van der Waals surface area contributed by atoms with Crippen molar-refractivity contribution in [3.63, 3.8) is 0 Å². The van der Waals surface area contributed by atoms with Gasteiger partial charge in [0.25, 0.3) is 0 Å². The summed E-state index contributed by atoms with van der Waals surface area (Å²) in [6.07, 6.45) is 7.59. The van der Waals surface area contributed by atoms with E-state index in [4.69, 9.17) is 0 Å². The molecule has 1 N–H and O–H groups in total. The molecular weight excluding hydrogens is 330 g/mol. The Morgan fingerprint density at radius 3 is 2.62 bits per heavy atom. The molecular formula is C20H25N3O3. The molecule has 0 spiro atoms. The third-order valence-electron chi connectivity index (χ3n) is 5.11. The molecule has 1 aliphatic heterocycles. The molecule has 3 rings (SSSR count). The standard InChI is InChI=1S/C20H25N3O3/c1-22-14-16(13-21-22)6-7-19(24)23-10-8-15(9-11-23)12-17-4-2-3-5-18(17)20(25)26/h2-5,13-15H,6-12H2,1H3,(H,25,26). The summed E-state index contributed by atoms with van der Waals surface area (Å²) in [5.74, 6) is -0.250. The van der Waals surface area contributed by atoms with E-state index in [-0.39, 0.29) is 5.91 Å². The van der Waals surface area contributed by atoms with Crippen LogP contribution in [0.4, 0.5) is 0 Å². The molecule has 1 amide bonds. The quantitative estimate of drug-likeness (QED) is 0.864. The molecule has 26 heavy (non-hydrogen) atoms. The highest BCUT2D eigenvalue weighted by atomic mass is 16.4. The minimum Gasteiger partial charge on any atom is -0.478 e. The SMILES string of the molecule is Cn1cc(CCC(=O)N2CCC(Cc3ccccc3C(=O)O)CC2)cn1. The van der Waals surface area contributed by atoms with Gasteiger partial charge in [-0.3, -0.25) is 9.48 Å². The lowest BCUT2D eigenvalue weighted by Gasteiger charge is -2.32. The van der Waals surface area contributed by atoms with Gasteiger partial charge in [-0.1, -0.05) is 18.2 Å². The molecule has 1 saturated heterocycles. The van der Waals surface area contributed by atoms with Gasteiger partial charge in [-0.05, 0) is 48.8 Å². The van der Waals surface area contributed by atoms with Gasteiger partial charge in [0.1, 0.15) is 0 Å². The van der Waals surface area contributed by atoms with E-state index < -0.39 is 5.97 Å². The first-order valence-corrected chi connectivity index (χ1v) is 9.09. The summed E-state index contributed by atoms with van der Waals surface area (Å²) in [4.78, 5) is 25.7. The molecule has 1 aliphatic rings. The molecule has 0 saturated carbocycles. The minimum atomic E-state index is -0.872. The summed E-state index contributed by atoms with van der Waals surface area (Å²) in [6, 6.07) is 7.21. The Labute approximate surface area is 153 Å². The van der Waals surface area contributed by atoms with Crippen LogP contribution in [0.1, 0.15) is 40.7 Å². The lowest BCUT2D eigenvalue weighted by Crippen LogP contribution is -2.39. The lowest BCUT2D eigenvalue weighted by atomic mass is 9.88. The molecule has 2 heterocycles. The van der Waals surface area contributed by atoms with Gasteiger partial charge >= 0.3 is 5.97 Å². The number of carbonyl (C=O) groups excluding carboxylic acids is 1. The van der Waals surface area contributed by atoms with Crippen LogP contribution in [0.2, 0.25) is 0 Å². The summed E-state index contributed by atoms with van der Waals surface area (Å²) in [7, 11) is 1.87. The fraction of sp³-hybridized carbons (Fsp3) is 0.450. The smallest absolute Gasteiger partial charge is 0.335 e. The average molecular weight is 355 g/mol. The number of likely N-dealkylation sites (tertiary alicyclic amines) is 1. The van der Waals surface area contributed by atoms with Crippen molar-refractivity contribution in [2.45, 2.75) is 32.1 Å². The number of hydrogen-bond acceptors (Lipinski definition) is 3. The number of carbonyl (C=O) groups is 2. The second-order valence-electron chi connectivity index (χ2n) is 7.01. The van der Waals surface area contributed by atoms with Crippen LogP contribution in [-0.4, -0.2) is 44.8 Å². The van der Waals surface area contributed by atoms with Crippen LogP contribution in [0.3, 0.4) is 0 Å². The zero-order valence-corrected chi connectivity index (χ0v) is 15.1. The third-order valence-corrected chi connectivity index (χ3v) is 5.11. The number of piperidine rings is 1. The number of hydrogen-bond donors (Lipinski definition) is 1. The molecule has 138 valence electrons. The van der Waals surface area contributed by atoms with Crippen molar-refractivity contribution < 1.29 is 14.7 Å². The predicted molar refractivity (Wildman–Crippen MR) is 97.9 cm³/mol. The zero-order chi connectivity index (χ0) is 18.5. The second-order valence-corrected chi connectivity index (χ2v) is 7.01. The first kappa shape index (κ1) is 18.2. The Hall–Kier alpha value is -2.63. The van der Waals surface area contributed by atoms with Crippen molar-refractivity contribution in [3.05, 3.63) is 53.3 Å². The summed E-state index contributed by atoms with van der Waals surface area (Å²) in [5, 5.41) is 13.4. The summed E-state index contributed by atoms with van der Waals surface area (Å²) in [5.41, 5.74) is 2.37. The molecule has 0 atom stereocenters. The minimum absolute atomic E-state index is 0.193. The van der Waals surface area contributed by atoms with Gasteiger partial charge in [-0.15, -0.1) is 0 Å². The van der Waals surface area contributed by atoms with Crippen LogP contribution < -0.4 is 0 Å². The number of aryl methyl sites for hydroxylation is 2. The van der Waals surface area contributed by atoms with Crippen LogP contribution in [0, 0.1) is 5.92 Å². The Bertz CT molecular complexity index is 776. The van der Waals surface area contributed by atoms with E-state index in [1.165, 1.54) is 0 Å². The Balaban J connectivity index is 1.48. The summed E-state index contributed by atoms with van der Waals surface area (Å²) in [6.45, 7) is 1.51. The molecule has 6 nitrogen and oxygen atoms in total. The normalized spacial score (nSPS) is 15.2. The maximum Gasteiger partial charge on any atom is 0.335 e. The lowest BCUT2D eigenvalue weighted by molar-refractivity contribution is -0.132. The number of carboxylic acid groups (broad SMARTS) is 1. The molecule has 0 radical (unpaired) electrons. The molecule has 0 bridgehead atoms. The Kier molecular flexibility index (Phi) is 5.71. The van der Waals surface area contributed by atoms with Crippen LogP contribution in [0.25, 0.3) is 0 Å². The van der Waals surface area contributed by atoms with Gasteiger partial charge in [0.15, 0.2) is 0 Å². The van der Waals surface area contributed by atoms with Gasteiger partial charge in [-0.2, -0.15) is 5.10 Å². The predicted octanol–water partition coefficient (Wildman–Crippen LogP) is 2.53. The number of benzene rings is 1. The maximum absolute atomic E-state index is 12.4. The molecule has 1 aromatic heterocycles. The van der Waals surface area contributed by atoms with Crippen LogP contribution >= 0.6 is 0 Å². The first-order valence-electron chi connectivity index (χ1n) is 9.09. The van der Waals surface area contributed by atoms with E-state index in [2.05, 4.69) is 5.10 Å². The number of aromatic nitrogens is 2. The summed E-state index contributed by atoms with van der Waals surface area (Å²) < 4.78 is 1.75. The number of nitrogens with zero attached hydrogens (tertiary/aromatic N) is 3. The Morgan fingerprint density at radius 2 is 1.96 bits per heavy atom. The topological polar surface area (TPSA) is 75.4 Å². The van der Waals surface area contributed by atoms with Gasteiger partial charge in [0.2, 0.25) is 5.91 Å². The zero-order valence-electron chi connectivity index (χ0n) is 15.1. The molecule has 6 heteroatoms. The van der Waals surface area contributed by atoms with Crippen molar-refractivity contribution in [2.24, 2.45) is 13.0 Å². The van der Waals surface area contributed by atoms with Gasteiger partial charge in [0.05, 0.1) is 11.8 Å². The maximum atomic E-state index is 12.4. The van der Waals surface area contributed by atoms with Crippen LogP contribution in [0.15, 0.2) is 36.7 Å². The van der Waals surface area contributed by atoms with Crippen LogP contribution in [-0.2, 0) is 24.7 Å². The van der Waals surface area contributed by atoms with E-state index in [0.717, 1.165) is 49.9 Å². The molecule has 2 aromatic rings. The molecule has 0 aliphatic carbocycles. The Morgan fingerprint density at radius 1 is 1.23 bits per heavy atom. The van der Waals surface area contributed by atoms with Gasteiger partial charge < -0.3 is 10.0 Å². The van der Waals surface area contributed by atoms with Crippen molar-refractivity contribution in [1.82, 2.24) is 14.7 Å². The fourth-order valence-electron chi connectivity index (χ4n) is 3.61.